The number of nitrogens with one attached hydrogen (secondary N) is 2. The number of halogens is 1. The molecule has 11 nitrogen and oxygen atoms in total. The van der Waals surface area contributed by atoms with E-state index in [-0.39, 0.29) is 10.8 Å². The maximum absolute atomic E-state index is 12.3. The molecule has 228 valence electrons. The Morgan fingerprint density at radius 2 is 1.81 bits per heavy atom. The molecule has 13 heteroatoms. The summed E-state index contributed by atoms with van der Waals surface area (Å²) in [4.78, 5) is 22.5. The Hall–Kier alpha value is -3.74. The van der Waals surface area contributed by atoms with Crippen LogP contribution in [0.4, 0.5) is 28.8 Å². The van der Waals surface area contributed by atoms with Crippen molar-refractivity contribution < 1.29 is 13.2 Å². The molecule has 1 fully saturated rings. The number of fused-ring (bicyclic) bond motifs is 1. The van der Waals surface area contributed by atoms with E-state index in [1.165, 1.54) is 29.9 Å². The first-order chi connectivity index (χ1) is 20.6. The molecule has 3 heterocycles. The first-order valence-electron chi connectivity index (χ1n) is 14.2. The highest BCUT2D eigenvalue weighted by atomic mass is 35.5. The number of piperidine rings is 1. The third-order valence-corrected chi connectivity index (χ3v) is 8.80. The summed E-state index contributed by atoms with van der Waals surface area (Å²) < 4.78 is 30.4. The molecule has 0 aliphatic carbocycles. The molecule has 0 spiro atoms. The highest BCUT2D eigenvalue weighted by Crippen LogP contribution is 2.37. The molecule has 0 saturated carbocycles. The number of methoxy groups -OCH3 is 1. The minimum absolute atomic E-state index is 0.227. The van der Waals surface area contributed by atoms with Gasteiger partial charge in [0.15, 0.2) is 15.7 Å². The van der Waals surface area contributed by atoms with Crippen LogP contribution in [0.15, 0.2) is 42.9 Å². The zero-order valence-electron chi connectivity index (χ0n) is 25.1. The number of hydrogen-bond donors (Lipinski definition) is 2. The van der Waals surface area contributed by atoms with E-state index in [0.717, 1.165) is 38.0 Å². The van der Waals surface area contributed by atoms with Crippen LogP contribution in [0.2, 0.25) is 5.02 Å². The van der Waals surface area contributed by atoms with Crippen molar-refractivity contribution in [1.29, 1.82) is 0 Å². The van der Waals surface area contributed by atoms with Crippen molar-refractivity contribution >= 4 is 61.3 Å². The van der Waals surface area contributed by atoms with Gasteiger partial charge in [0.05, 0.1) is 35.8 Å². The molecule has 0 radical (unpaired) electrons. The van der Waals surface area contributed by atoms with E-state index in [2.05, 4.69) is 73.5 Å². The molecule has 0 atom stereocenters. The predicted molar refractivity (Wildman–Crippen MR) is 173 cm³/mol. The van der Waals surface area contributed by atoms with E-state index in [9.17, 15) is 8.42 Å². The maximum Gasteiger partial charge on any atom is 0.229 e. The minimum Gasteiger partial charge on any atom is -0.494 e. The van der Waals surface area contributed by atoms with Gasteiger partial charge in [-0.05, 0) is 57.1 Å². The Labute approximate surface area is 257 Å². The van der Waals surface area contributed by atoms with Gasteiger partial charge in [0.25, 0.3) is 0 Å². The molecule has 0 amide bonds. The van der Waals surface area contributed by atoms with Gasteiger partial charge in [0.2, 0.25) is 5.95 Å². The van der Waals surface area contributed by atoms with Crippen molar-refractivity contribution in [2.75, 3.05) is 56.1 Å². The lowest BCUT2D eigenvalue weighted by Crippen LogP contribution is -2.42. The molecule has 0 unspecified atom stereocenters. The van der Waals surface area contributed by atoms with Crippen LogP contribution in [0.25, 0.3) is 11.0 Å². The van der Waals surface area contributed by atoms with Crippen LogP contribution in [0.1, 0.15) is 30.9 Å². The van der Waals surface area contributed by atoms with E-state index >= 15 is 0 Å². The summed E-state index contributed by atoms with van der Waals surface area (Å²) in [6, 6.07) is 8.29. The van der Waals surface area contributed by atoms with Crippen LogP contribution in [-0.2, 0) is 22.0 Å². The predicted octanol–water partition coefficient (Wildman–Crippen LogP) is 5.21. The summed E-state index contributed by atoms with van der Waals surface area (Å²) in [5.41, 5.74) is 5.19. The third-order valence-electron chi connectivity index (χ3n) is 7.71. The second-order valence-electron chi connectivity index (χ2n) is 10.9. The summed E-state index contributed by atoms with van der Waals surface area (Å²) >= 11 is 6.50. The summed E-state index contributed by atoms with van der Waals surface area (Å²) in [7, 11) is 2.56. The van der Waals surface area contributed by atoms with Crippen molar-refractivity contribution in [3.8, 4) is 5.75 Å². The molecule has 2 aromatic heterocycles. The Kier molecular flexibility index (Phi) is 9.19. The fourth-order valence-electron chi connectivity index (χ4n) is 5.46. The summed E-state index contributed by atoms with van der Waals surface area (Å²) in [5.74, 6) is 1.07. The molecule has 1 aliphatic rings. The van der Waals surface area contributed by atoms with Crippen molar-refractivity contribution in [1.82, 2.24) is 24.8 Å². The van der Waals surface area contributed by atoms with E-state index < -0.39 is 9.84 Å². The van der Waals surface area contributed by atoms with Gasteiger partial charge in [0, 0.05) is 60.8 Å². The summed E-state index contributed by atoms with van der Waals surface area (Å²) in [5, 5.41) is 6.77. The van der Waals surface area contributed by atoms with Gasteiger partial charge in [-0.3, -0.25) is 9.97 Å². The van der Waals surface area contributed by atoms with Gasteiger partial charge >= 0.3 is 0 Å². The Bertz CT molecular complexity index is 1730. The number of rotatable bonds is 10. The smallest absolute Gasteiger partial charge is 0.229 e. The average molecular weight is 625 g/mol. The normalized spacial score (nSPS) is 14.3. The Morgan fingerprint density at radius 1 is 1.07 bits per heavy atom. The lowest BCUT2D eigenvalue weighted by molar-refractivity contribution is 0.249. The second-order valence-corrected chi connectivity index (χ2v) is 13.5. The SMILES string of the molecule is CCc1cc(Nc2ncc(Cl)c(Nc3ccc4nccnc4c3CS(C)(=O)=O)n2)c(OC)cc1N1CCC(N(C)C)CC1. The number of aromatic nitrogens is 4. The highest BCUT2D eigenvalue weighted by Gasteiger charge is 2.24. The van der Waals surface area contributed by atoms with E-state index in [1.54, 1.807) is 25.4 Å². The molecule has 1 saturated heterocycles. The fourth-order valence-corrected chi connectivity index (χ4v) is 6.42. The van der Waals surface area contributed by atoms with Gasteiger partial charge in [-0.15, -0.1) is 0 Å². The summed E-state index contributed by atoms with van der Waals surface area (Å²) in [6.45, 7) is 4.12. The zero-order chi connectivity index (χ0) is 30.7. The molecular weight excluding hydrogens is 588 g/mol. The van der Waals surface area contributed by atoms with Crippen LogP contribution >= 0.6 is 11.6 Å². The van der Waals surface area contributed by atoms with Crippen LogP contribution in [0.3, 0.4) is 0 Å². The molecule has 0 bridgehead atoms. The summed E-state index contributed by atoms with van der Waals surface area (Å²) in [6.07, 6.45) is 8.85. The van der Waals surface area contributed by atoms with Crippen molar-refractivity contribution in [2.24, 2.45) is 0 Å². The number of hydrogen-bond acceptors (Lipinski definition) is 11. The molecule has 5 rings (SSSR count). The largest absolute Gasteiger partial charge is 0.494 e. The molecule has 1 aliphatic heterocycles. The van der Waals surface area contributed by atoms with E-state index in [0.29, 0.717) is 45.8 Å². The van der Waals surface area contributed by atoms with E-state index in [1.807, 2.05) is 0 Å². The van der Waals surface area contributed by atoms with Gasteiger partial charge in [-0.1, -0.05) is 18.5 Å². The number of ether oxygens (including phenoxy) is 1. The van der Waals surface area contributed by atoms with Crippen molar-refractivity contribution in [2.45, 2.75) is 38.0 Å². The van der Waals surface area contributed by atoms with Crippen LogP contribution in [-0.4, -0.2) is 79.8 Å². The zero-order valence-corrected chi connectivity index (χ0v) is 26.6. The standard InChI is InChI=1S/C30H37ClN8O3S/c1-6-19-15-25(27(42-4)16-26(19)39-13-9-20(10-14-39)38(2)3)36-30-34-17-22(31)29(37-30)35-23-7-8-24-28(33-12-11-32-24)21(23)18-43(5,40)41/h7-8,11-12,15-17,20H,6,9-10,13-14,18H2,1-5H3,(H2,34,35,36,37). The fraction of sp³-hybridized carbons (Fsp3) is 0.400. The average Bonchev–Trinajstić information content (AvgIpc) is 2.99. The van der Waals surface area contributed by atoms with Gasteiger partial charge in [-0.2, -0.15) is 4.98 Å². The maximum atomic E-state index is 12.3. The Balaban J connectivity index is 1.44. The molecular formula is C30H37ClN8O3S. The first-order valence-corrected chi connectivity index (χ1v) is 16.6. The van der Waals surface area contributed by atoms with Crippen LogP contribution in [0, 0.1) is 0 Å². The topological polar surface area (TPSA) is 125 Å². The lowest BCUT2D eigenvalue weighted by Gasteiger charge is -2.37. The van der Waals surface area contributed by atoms with E-state index in [4.69, 9.17) is 16.3 Å². The molecule has 43 heavy (non-hydrogen) atoms. The lowest BCUT2D eigenvalue weighted by atomic mass is 10.0. The van der Waals surface area contributed by atoms with Crippen molar-refractivity contribution in [3.05, 3.63) is 59.0 Å². The number of anilines is 5. The van der Waals surface area contributed by atoms with Gasteiger partial charge in [0.1, 0.15) is 10.8 Å². The number of benzene rings is 2. The third kappa shape index (κ3) is 7.09. The molecule has 2 aromatic carbocycles. The highest BCUT2D eigenvalue weighted by molar-refractivity contribution is 7.89. The van der Waals surface area contributed by atoms with Gasteiger partial charge in [-0.25, -0.2) is 13.4 Å². The molecule has 4 aromatic rings. The quantitative estimate of drug-likeness (QED) is 0.242. The number of aryl methyl sites for hydroxylation is 1. The van der Waals surface area contributed by atoms with Crippen molar-refractivity contribution in [3.63, 3.8) is 0 Å². The molecule has 2 N–H and O–H groups in total. The monoisotopic (exact) mass is 624 g/mol. The number of sulfone groups is 1. The second kappa shape index (κ2) is 12.9. The van der Waals surface area contributed by atoms with Gasteiger partial charge < -0.3 is 25.2 Å². The van der Waals surface area contributed by atoms with Crippen LogP contribution < -0.4 is 20.3 Å². The first kappa shape index (κ1) is 30.7. The van der Waals surface area contributed by atoms with Crippen LogP contribution in [0.5, 0.6) is 5.75 Å². The Morgan fingerprint density at radius 3 is 2.49 bits per heavy atom. The minimum atomic E-state index is -3.38. The number of nitrogens with zero attached hydrogens (tertiary/aromatic N) is 6.